The number of aromatic nitrogens is 3. The van der Waals surface area contributed by atoms with Crippen LogP contribution in [0.1, 0.15) is 43.0 Å². The van der Waals surface area contributed by atoms with Crippen LogP contribution in [0.5, 0.6) is 0 Å². The minimum absolute atomic E-state index is 0. The molecule has 9 rings (SSSR count). The van der Waals surface area contributed by atoms with E-state index >= 15 is 0 Å². The third-order valence-corrected chi connectivity index (χ3v) is 10.4. The summed E-state index contributed by atoms with van der Waals surface area (Å²) in [4.78, 5) is 5.52. The number of fused-ring (bicyclic) bond motifs is 6. The Bertz CT molecular complexity index is 2920. The number of benzene rings is 6. The summed E-state index contributed by atoms with van der Waals surface area (Å²) in [5, 5.41) is 14.7. The molecule has 3 aromatic heterocycles. The molecule has 0 aliphatic rings. The fourth-order valence-electron chi connectivity index (χ4n) is 7.81. The summed E-state index contributed by atoms with van der Waals surface area (Å²) < 4.78 is 4.34. The fourth-order valence-corrected chi connectivity index (χ4v) is 7.81. The average molecular weight is 864 g/mol. The predicted molar refractivity (Wildman–Crippen MR) is 214 cm³/mol. The van der Waals surface area contributed by atoms with Crippen LogP contribution in [-0.2, 0) is 26.5 Å². The zero-order chi connectivity index (χ0) is 35.7. The number of nitriles is 1. The van der Waals surface area contributed by atoms with Crippen molar-refractivity contribution >= 4 is 43.9 Å². The van der Waals surface area contributed by atoms with Gasteiger partial charge < -0.3 is 9.13 Å². The third-order valence-electron chi connectivity index (χ3n) is 10.4. The average Bonchev–Trinajstić information content (AvgIpc) is 3.67. The van der Waals surface area contributed by atoms with Crippen molar-refractivity contribution in [3.63, 3.8) is 0 Å². The van der Waals surface area contributed by atoms with Crippen molar-refractivity contribution in [2.45, 2.75) is 40.0 Å². The van der Waals surface area contributed by atoms with Gasteiger partial charge in [-0.1, -0.05) is 122 Å². The topological polar surface area (TPSA) is 46.5 Å². The Hall–Kier alpha value is -5.75. The molecule has 0 saturated carbocycles. The van der Waals surface area contributed by atoms with Crippen molar-refractivity contribution in [2.24, 2.45) is 0 Å². The van der Waals surface area contributed by atoms with Crippen LogP contribution in [0, 0.1) is 37.3 Å². The van der Waals surface area contributed by atoms with E-state index in [0.717, 1.165) is 66.4 Å². The molecule has 0 spiro atoms. The maximum absolute atomic E-state index is 11.0. The van der Waals surface area contributed by atoms with Crippen LogP contribution in [0.2, 0.25) is 0 Å². The first kappa shape index (κ1) is 34.3. The number of hydrogen-bond donors (Lipinski definition) is 0. The van der Waals surface area contributed by atoms with Gasteiger partial charge in [-0.25, -0.2) is 4.98 Å². The summed E-state index contributed by atoms with van der Waals surface area (Å²) in [5.41, 5.74) is 14.0. The summed E-state index contributed by atoms with van der Waals surface area (Å²) >= 11 is 0. The smallest absolute Gasteiger partial charge is 0.318 e. The second-order valence-corrected chi connectivity index (χ2v) is 14.7. The minimum atomic E-state index is -0.0485. The summed E-state index contributed by atoms with van der Waals surface area (Å²) in [6, 6.07) is 54.2. The largest absolute Gasteiger partial charge is 2.00 e. The molecule has 0 atom stereocenters. The van der Waals surface area contributed by atoms with Gasteiger partial charge >= 0.3 is 21.1 Å². The van der Waals surface area contributed by atoms with E-state index in [1.165, 1.54) is 27.8 Å². The Balaban J connectivity index is 0.00000400. The number of aryl methyl sites for hydroxylation is 2. The monoisotopic (exact) mass is 863 g/mol. The molecule has 6 aromatic carbocycles. The Kier molecular flexibility index (Phi) is 8.44. The second-order valence-electron chi connectivity index (χ2n) is 14.7. The van der Waals surface area contributed by atoms with Crippen molar-refractivity contribution in [3.8, 4) is 39.7 Å². The van der Waals surface area contributed by atoms with Crippen molar-refractivity contribution in [2.75, 3.05) is 0 Å². The van der Waals surface area contributed by atoms with Crippen LogP contribution in [0.4, 0.5) is 0 Å². The van der Waals surface area contributed by atoms with Gasteiger partial charge in [0, 0.05) is 21.5 Å². The van der Waals surface area contributed by atoms with Gasteiger partial charge in [0.2, 0.25) is 0 Å². The van der Waals surface area contributed by atoms with Crippen molar-refractivity contribution < 1.29 is 21.1 Å². The summed E-state index contributed by atoms with van der Waals surface area (Å²) in [6.07, 6.45) is 0. The molecule has 0 aliphatic heterocycles. The van der Waals surface area contributed by atoms with Crippen molar-refractivity contribution in [1.29, 1.82) is 5.26 Å². The fraction of sp³-hybridized carbons (Fsp3) is 0.125. The maximum Gasteiger partial charge on any atom is 2.00 e. The normalized spacial score (nSPS) is 11.7. The molecule has 0 saturated heterocycles. The van der Waals surface area contributed by atoms with E-state index in [2.05, 4.69) is 159 Å². The molecule has 9 aromatic rings. The minimum Gasteiger partial charge on any atom is -0.318 e. The van der Waals surface area contributed by atoms with Crippen LogP contribution in [0.15, 0.2) is 127 Å². The van der Waals surface area contributed by atoms with E-state index in [4.69, 9.17) is 4.98 Å². The van der Waals surface area contributed by atoms with Crippen LogP contribution in [0.3, 0.4) is 0 Å². The molecule has 258 valence electrons. The van der Waals surface area contributed by atoms with E-state index in [1.54, 1.807) is 0 Å². The molecule has 53 heavy (non-hydrogen) atoms. The molecule has 0 bridgehead atoms. The van der Waals surface area contributed by atoms with Gasteiger partial charge in [0.1, 0.15) is 17.4 Å². The van der Waals surface area contributed by atoms with Crippen molar-refractivity contribution in [1.82, 2.24) is 14.1 Å². The molecule has 3 heterocycles. The summed E-state index contributed by atoms with van der Waals surface area (Å²) in [7, 11) is 0. The molecule has 0 aliphatic carbocycles. The van der Waals surface area contributed by atoms with Gasteiger partial charge in [-0.15, -0.1) is 35.9 Å². The second kappa shape index (κ2) is 13.0. The Labute approximate surface area is 324 Å². The number of hydrogen-bond acceptors (Lipinski definition) is 2. The number of rotatable bonds is 4. The van der Waals surface area contributed by atoms with Gasteiger partial charge in [0.15, 0.2) is 0 Å². The summed E-state index contributed by atoms with van der Waals surface area (Å²) in [5.74, 6) is 0. The van der Waals surface area contributed by atoms with Crippen LogP contribution >= 0.6 is 0 Å². The van der Waals surface area contributed by atoms with E-state index < -0.39 is 0 Å². The van der Waals surface area contributed by atoms with Gasteiger partial charge in [-0.05, 0) is 48.2 Å². The first-order valence-electron chi connectivity index (χ1n) is 17.7. The van der Waals surface area contributed by atoms with E-state index in [0.29, 0.717) is 5.56 Å². The molecular weight excluding hydrogens is 828 g/mol. The molecule has 0 unspecified atom stereocenters. The van der Waals surface area contributed by atoms with Gasteiger partial charge in [-0.3, -0.25) is 0 Å². The molecule has 5 heteroatoms. The summed E-state index contributed by atoms with van der Waals surface area (Å²) in [6.45, 7) is 11.0. The Morgan fingerprint density at radius 3 is 1.87 bits per heavy atom. The Morgan fingerprint density at radius 2 is 1.23 bits per heavy atom. The zero-order valence-electron chi connectivity index (χ0n) is 30.2. The van der Waals surface area contributed by atoms with Crippen molar-refractivity contribution in [3.05, 3.63) is 162 Å². The molecule has 0 amide bonds. The quantitative estimate of drug-likeness (QED) is 0.166. The molecule has 0 radical (unpaired) electrons. The number of pyridine rings is 1. The maximum atomic E-state index is 11.0. The predicted octanol–water partition coefficient (Wildman–Crippen LogP) is 12.0. The van der Waals surface area contributed by atoms with Gasteiger partial charge in [-0.2, -0.15) is 29.0 Å². The molecule has 0 fully saturated rings. The molecule has 4 nitrogen and oxygen atoms in total. The molecular formula is C48H36N4Pt. The molecule has 0 N–H and O–H groups in total. The number of nitrogens with zero attached hydrogens (tertiary/aromatic N) is 4. The van der Waals surface area contributed by atoms with Crippen LogP contribution in [-0.4, -0.2) is 14.1 Å². The van der Waals surface area contributed by atoms with E-state index in [-0.39, 0.29) is 26.5 Å². The third kappa shape index (κ3) is 5.51. The first-order valence-corrected chi connectivity index (χ1v) is 17.7. The van der Waals surface area contributed by atoms with E-state index in [9.17, 15) is 5.26 Å². The first-order chi connectivity index (χ1) is 25.2. The van der Waals surface area contributed by atoms with Gasteiger partial charge in [0.05, 0.1) is 16.6 Å². The standard InChI is InChI=1S/C48H36N4.Pt/c1-30-26-40(31(2)25-39(30)32-15-7-6-8-16-32)33-17-13-19-35(27-33)51-42-23-11-9-21-37(42)44-41(29-49)45-38-22-10-12-24-43(38)52(47(45)50-46(44)51)36-20-14-18-34(28-36)48(3,4)5;/h6-19,21-26,28H,1-5H3;/q-2;+2. The zero-order valence-corrected chi connectivity index (χ0v) is 32.5. The number of para-hydroxylation sites is 2. The Morgan fingerprint density at radius 1 is 0.642 bits per heavy atom. The van der Waals surface area contributed by atoms with E-state index in [1.807, 2.05) is 30.3 Å². The van der Waals surface area contributed by atoms with Crippen LogP contribution in [0.25, 0.3) is 77.5 Å². The van der Waals surface area contributed by atoms with Crippen LogP contribution < -0.4 is 0 Å². The van der Waals surface area contributed by atoms with Gasteiger partial charge in [0.25, 0.3) is 0 Å². The SMILES string of the molecule is Cc1cc(-c2ccccc2)c(C)cc1-c1[c-]c(-n2c3ccccc3c3c(C#N)c4c5ccccc5n(-c5[c-]ccc(C(C)(C)C)c5)c4nc32)ccc1.[Pt+2].